The van der Waals surface area contributed by atoms with Gasteiger partial charge in [0, 0.05) is 5.69 Å². The number of ether oxygens (including phenoxy) is 2. The maximum atomic E-state index is 13.5. The van der Waals surface area contributed by atoms with E-state index < -0.39 is 17.5 Å². The third-order valence-electron chi connectivity index (χ3n) is 4.37. The van der Waals surface area contributed by atoms with E-state index in [1.54, 1.807) is 31.2 Å². The van der Waals surface area contributed by atoms with Gasteiger partial charge in [0.2, 0.25) is 0 Å². The van der Waals surface area contributed by atoms with Gasteiger partial charge in [0.25, 0.3) is 5.91 Å². The summed E-state index contributed by atoms with van der Waals surface area (Å²) in [6, 6.07) is 16.2. The van der Waals surface area contributed by atoms with E-state index in [2.05, 4.69) is 5.32 Å². The summed E-state index contributed by atoms with van der Waals surface area (Å²) in [6.07, 6.45) is 1.55. The van der Waals surface area contributed by atoms with Crippen molar-refractivity contribution in [3.05, 3.63) is 88.4 Å². The van der Waals surface area contributed by atoms with Crippen LogP contribution in [0.5, 0.6) is 11.5 Å². The molecule has 0 aliphatic heterocycles. The maximum absolute atomic E-state index is 13.5. The van der Waals surface area contributed by atoms with Gasteiger partial charge in [-0.05, 0) is 72.7 Å². The zero-order valence-corrected chi connectivity index (χ0v) is 18.3. The van der Waals surface area contributed by atoms with Crippen LogP contribution in [0.15, 0.2) is 60.7 Å². The van der Waals surface area contributed by atoms with Gasteiger partial charge < -0.3 is 14.8 Å². The van der Waals surface area contributed by atoms with E-state index in [1.165, 1.54) is 42.5 Å². The zero-order valence-electron chi connectivity index (χ0n) is 17.6. The number of anilines is 1. The molecule has 0 aromatic heterocycles. The minimum absolute atomic E-state index is 0.161. The summed E-state index contributed by atoms with van der Waals surface area (Å²) in [6.45, 7) is 1.71. The fourth-order valence-electron chi connectivity index (χ4n) is 2.95. The van der Waals surface area contributed by atoms with Crippen molar-refractivity contribution in [2.75, 3.05) is 18.5 Å². The number of halogens is 3. The number of nitrogens with one attached hydrogen (secondary N) is 1. The molecule has 0 unspecified atom stereocenters. The Bertz CT molecular complexity index is 1220. The van der Waals surface area contributed by atoms with E-state index in [-0.39, 0.29) is 28.7 Å². The molecule has 5 nitrogen and oxygen atoms in total. The van der Waals surface area contributed by atoms with Crippen LogP contribution in [-0.2, 0) is 4.79 Å². The summed E-state index contributed by atoms with van der Waals surface area (Å²) >= 11 is 6.38. The topological polar surface area (TPSA) is 71.3 Å². The van der Waals surface area contributed by atoms with Crippen LogP contribution >= 0.6 is 11.6 Å². The van der Waals surface area contributed by atoms with Crippen LogP contribution in [0.2, 0.25) is 5.02 Å². The SMILES string of the molecule is CCOc1cc(/C=C(/C#N)c2cccc(F)c2)cc(Cl)c1OCC(=O)Nc1ccc(F)cc1. The Morgan fingerprint density at radius 3 is 2.52 bits per heavy atom. The van der Waals surface area contributed by atoms with Gasteiger partial charge in [-0.3, -0.25) is 4.79 Å². The van der Waals surface area contributed by atoms with Crippen LogP contribution in [0.3, 0.4) is 0 Å². The highest BCUT2D eigenvalue weighted by atomic mass is 35.5. The number of benzene rings is 3. The number of carbonyl (C=O) groups excluding carboxylic acids is 1. The fourth-order valence-corrected chi connectivity index (χ4v) is 3.22. The van der Waals surface area contributed by atoms with Gasteiger partial charge in [0.05, 0.1) is 23.3 Å². The molecule has 8 heteroatoms. The van der Waals surface area contributed by atoms with Crippen LogP contribution < -0.4 is 14.8 Å². The molecule has 0 spiro atoms. The molecule has 0 bridgehead atoms. The second-order valence-corrected chi connectivity index (χ2v) is 7.19. The summed E-state index contributed by atoms with van der Waals surface area (Å²) in [7, 11) is 0. The second-order valence-electron chi connectivity index (χ2n) is 6.79. The van der Waals surface area contributed by atoms with Crippen molar-refractivity contribution in [3.63, 3.8) is 0 Å². The molecule has 33 heavy (non-hydrogen) atoms. The Hall–Kier alpha value is -3.89. The minimum Gasteiger partial charge on any atom is -0.490 e. The predicted octanol–water partition coefficient (Wildman–Crippen LogP) is 6.10. The van der Waals surface area contributed by atoms with E-state index in [4.69, 9.17) is 21.1 Å². The molecule has 3 rings (SSSR count). The van der Waals surface area contributed by atoms with Gasteiger partial charge in [-0.15, -0.1) is 0 Å². The zero-order chi connectivity index (χ0) is 23.8. The van der Waals surface area contributed by atoms with Gasteiger partial charge in [-0.1, -0.05) is 23.7 Å². The summed E-state index contributed by atoms with van der Waals surface area (Å²) < 4.78 is 37.7. The monoisotopic (exact) mass is 468 g/mol. The fraction of sp³-hybridized carbons (Fsp3) is 0.120. The lowest BCUT2D eigenvalue weighted by atomic mass is 10.0. The Kier molecular flexibility index (Phi) is 8.01. The number of nitriles is 1. The van der Waals surface area contributed by atoms with Crippen molar-refractivity contribution in [1.82, 2.24) is 0 Å². The molecule has 0 saturated heterocycles. The van der Waals surface area contributed by atoms with E-state index in [9.17, 15) is 18.8 Å². The molecule has 0 radical (unpaired) electrons. The van der Waals surface area contributed by atoms with Crippen molar-refractivity contribution >= 4 is 34.8 Å². The number of nitrogens with zero attached hydrogens (tertiary/aromatic N) is 1. The summed E-state index contributed by atoms with van der Waals surface area (Å²) in [5, 5.41) is 12.3. The summed E-state index contributed by atoms with van der Waals surface area (Å²) in [5.74, 6) is -0.897. The number of hydrogen-bond acceptors (Lipinski definition) is 4. The number of amides is 1. The summed E-state index contributed by atoms with van der Waals surface area (Å²) in [5.41, 5.74) is 1.61. The van der Waals surface area contributed by atoms with Crippen LogP contribution in [-0.4, -0.2) is 19.1 Å². The van der Waals surface area contributed by atoms with E-state index in [1.807, 2.05) is 6.07 Å². The quantitative estimate of drug-likeness (QED) is 0.320. The lowest BCUT2D eigenvalue weighted by molar-refractivity contribution is -0.118. The van der Waals surface area contributed by atoms with Crippen LogP contribution in [0.4, 0.5) is 14.5 Å². The molecular weight excluding hydrogens is 450 g/mol. The van der Waals surface area contributed by atoms with Gasteiger partial charge >= 0.3 is 0 Å². The number of carbonyl (C=O) groups is 1. The number of rotatable bonds is 8. The Morgan fingerprint density at radius 2 is 1.85 bits per heavy atom. The van der Waals surface area contributed by atoms with Crippen molar-refractivity contribution in [2.45, 2.75) is 6.92 Å². The smallest absolute Gasteiger partial charge is 0.262 e. The average molecular weight is 469 g/mol. The molecule has 0 atom stereocenters. The number of allylic oxidation sites excluding steroid dienone is 1. The van der Waals surface area contributed by atoms with E-state index >= 15 is 0 Å². The Morgan fingerprint density at radius 1 is 1.09 bits per heavy atom. The second kappa shape index (κ2) is 11.1. The molecule has 0 aliphatic rings. The molecule has 0 fully saturated rings. The first-order valence-electron chi connectivity index (χ1n) is 9.92. The van der Waals surface area contributed by atoms with E-state index in [0.717, 1.165) is 0 Å². The lowest BCUT2D eigenvalue weighted by Gasteiger charge is -2.14. The van der Waals surface area contributed by atoms with Gasteiger partial charge in [0.1, 0.15) is 11.6 Å². The highest BCUT2D eigenvalue weighted by Crippen LogP contribution is 2.37. The molecule has 0 saturated carbocycles. The molecule has 0 heterocycles. The first kappa shape index (κ1) is 23.8. The van der Waals surface area contributed by atoms with Gasteiger partial charge in [-0.25, -0.2) is 8.78 Å². The molecule has 1 amide bonds. The maximum Gasteiger partial charge on any atom is 0.262 e. The minimum atomic E-state index is -0.470. The molecule has 3 aromatic rings. The van der Waals surface area contributed by atoms with Crippen LogP contribution in [0.1, 0.15) is 18.1 Å². The molecule has 3 aromatic carbocycles. The number of hydrogen-bond donors (Lipinski definition) is 1. The van der Waals surface area contributed by atoms with Crippen molar-refractivity contribution in [3.8, 4) is 17.6 Å². The van der Waals surface area contributed by atoms with Gasteiger partial charge in [-0.2, -0.15) is 5.26 Å². The largest absolute Gasteiger partial charge is 0.490 e. The average Bonchev–Trinajstić information content (AvgIpc) is 2.78. The Labute approximate surface area is 194 Å². The molecule has 0 aliphatic carbocycles. The highest BCUT2D eigenvalue weighted by Gasteiger charge is 2.15. The van der Waals surface area contributed by atoms with Crippen molar-refractivity contribution in [1.29, 1.82) is 5.26 Å². The van der Waals surface area contributed by atoms with Gasteiger partial charge in [0.15, 0.2) is 18.1 Å². The van der Waals surface area contributed by atoms with Crippen molar-refractivity contribution in [2.24, 2.45) is 0 Å². The Balaban J connectivity index is 1.81. The molecule has 1 N–H and O–H groups in total. The highest BCUT2D eigenvalue weighted by molar-refractivity contribution is 6.32. The molecule has 168 valence electrons. The van der Waals surface area contributed by atoms with Crippen LogP contribution in [0.25, 0.3) is 11.6 Å². The third kappa shape index (κ3) is 6.55. The first-order valence-corrected chi connectivity index (χ1v) is 10.3. The predicted molar refractivity (Wildman–Crippen MR) is 123 cm³/mol. The normalized spacial score (nSPS) is 10.9. The van der Waals surface area contributed by atoms with E-state index in [0.29, 0.717) is 23.4 Å². The standard InChI is InChI=1S/C25H19ClF2N2O3/c1-2-32-23-12-16(10-18(14-29)17-4-3-5-20(28)13-17)11-22(26)25(23)33-15-24(31)30-21-8-6-19(27)7-9-21/h3-13H,2,15H2,1H3,(H,30,31)/b18-10-. The molecular formula is C25H19ClF2N2O3. The first-order chi connectivity index (χ1) is 15.9. The summed E-state index contributed by atoms with van der Waals surface area (Å²) in [4.78, 5) is 12.2. The third-order valence-corrected chi connectivity index (χ3v) is 4.66. The van der Waals surface area contributed by atoms with Crippen molar-refractivity contribution < 1.29 is 23.0 Å². The van der Waals surface area contributed by atoms with Crippen LogP contribution in [0, 0.1) is 23.0 Å². The lowest BCUT2D eigenvalue weighted by Crippen LogP contribution is -2.20.